The van der Waals surface area contributed by atoms with Crippen LogP contribution >= 0.6 is 0 Å². The van der Waals surface area contributed by atoms with Crippen LogP contribution in [0.2, 0.25) is 0 Å². The minimum atomic E-state index is 0.584. The Labute approximate surface area is 81.2 Å². The number of aryl methyl sites for hydroxylation is 1. The zero-order chi connectivity index (χ0) is 9.54. The van der Waals surface area contributed by atoms with Gasteiger partial charge in [-0.05, 0) is 13.0 Å². The molecule has 1 aromatic heterocycles. The lowest BCUT2D eigenvalue weighted by molar-refractivity contribution is 0.386. The van der Waals surface area contributed by atoms with Crippen molar-refractivity contribution in [3.63, 3.8) is 0 Å². The van der Waals surface area contributed by atoms with Crippen LogP contribution in [0, 0.1) is 6.92 Å². The molecular weight excluding hydrogens is 178 g/mol. The number of para-hydroxylation sites is 1. The van der Waals surface area contributed by atoms with Gasteiger partial charge in [0.25, 0.3) is 0 Å². The Morgan fingerprint density at radius 3 is 3.07 bits per heavy atom. The standard InChI is InChI=1S/C10H9N3O/c1-7-11-12-10-13(7)6-8-4-2-3-5-9(8)14-10/h2-5H,6H2,1H3. The average Bonchev–Trinajstić information content (AvgIpc) is 2.57. The van der Waals surface area contributed by atoms with Gasteiger partial charge in [0.1, 0.15) is 11.6 Å². The van der Waals surface area contributed by atoms with E-state index in [0.717, 1.165) is 18.1 Å². The summed E-state index contributed by atoms with van der Waals surface area (Å²) in [6.45, 7) is 2.72. The van der Waals surface area contributed by atoms with Crippen molar-refractivity contribution in [3.05, 3.63) is 35.7 Å². The third-order valence-electron chi connectivity index (χ3n) is 2.40. The van der Waals surface area contributed by atoms with Gasteiger partial charge in [0.05, 0.1) is 6.54 Å². The topological polar surface area (TPSA) is 39.9 Å². The molecule has 0 saturated carbocycles. The minimum absolute atomic E-state index is 0.584. The third kappa shape index (κ3) is 0.937. The smallest absolute Gasteiger partial charge is 0.322 e. The van der Waals surface area contributed by atoms with Crippen LogP contribution in [0.4, 0.5) is 0 Å². The molecule has 0 fully saturated rings. The van der Waals surface area contributed by atoms with Crippen LogP contribution in [0.25, 0.3) is 0 Å². The molecule has 0 amide bonds. The maximum Gasteiger partial charge on any atom is 0.322 e. The molecule has 2 heterocycles. The molecule has 4 heteroatoms. The number of benzene rings is 1. The summed E-state index contributed by atoms with van der Waals surface area (Å²) >= 11 is 0. The van der Waals surface area contributed by atoms with Gasteiger partial charge in [-0.15, -0.1) is 5.10 Å². The van der Waals surface area contributed by atoms with E-state index >= 15 is 0 Å². The molecule has 0 aliphatic carbocycles. The van der Waals surface area contributed by atoms with E-state index in [1.807, 2.05) is 29.7 Å². The Bertz CT molecular complexity index is 490. The maximum absolute atomic E-state index is 5.59. The number of aromatic nitrogens is 3. The number of rotatable bonds is 0. The van der Waals surface area contributed by atoms with Gasteiger partial charge in [-0.1, -0.05) is 23.3 Å². The first-order chi connectivity index (χ1) is 6.84. The summed E-state index contributed by atoms with van der Waals surface area (Å²) in [6.07, 6.45) is 0. The van der Waals surface area contributed by atoms with E-state index in [1.54, 1.807) is 0 Å². The Morgan fingerprint density at radius 1 is 1.29 bits per heavy atom. The predicted molar refractivity (Wildman–Crippen MR) is 50.4 cm³/mol. The second kappa shape index (κ2) is 2.57. The van der Waals surface area contributed by atoms with Crippen LogP contribution in [-0.2, 0) is 6.54 Å². The SMILES string of the molecule is Cc1nnc2n1Cc1ccccc1O2. The summed E-state index contributed by atoms with van der Waals surface area (Å²) in [5, 5.41) is 7.92. The summed E-state index contributed by atoms with van der Waals surface area (Å²) in [5.74, 6) is 1.77. The van der Waals surface area contributed by atoms with E-state index in [4.69, 9.17) is 4.74 Å². The normalized spacial score (nSPS) is 12.9. The van der Waals surface area contributed by atoms with Crippen LogP contribution in [0.1, 0.15) is 11.4 Å². The second-order valence-corrected chi connectivity index (χ2v) is 3.33. The monoisotopic (exact) mass is 187 g/mol. The fourth-order valence-corrected chi connectivity index (χ4v) is 1.62. The highest BCUT2D eigenvalue weighted by Crippen LogP contribution is 2.30. The van der Waals surface area contributed by atoms with E-state index in [-0.39, 0.29) is 0 Å². The second-order valence-electron chi connectivity index (χ2n) is 3.33. The van der Waals surface area contributed by atoms with E-state index in [0.29, 0.717) is 6.01 Å². The molecule has 0 saturated heterocycles. The van der Waals surface area contributed by atoms with Crippen LogP contribution < -0.4 is 4.74 Å². The van der Waals surface area contributed by atoms with Gasteiger partial charge >= 0.3 is 6.01 Å². The number of fused-ring (bicyclic) bond motifs is 2. The summed E-state index contributed by atoms with van der Waals surface area (Å²) in [4.78, 5) is 0. The van der Waals surface area contributed by atoms with E-state index < -0.39 is 0 Å². The maximum atomic E-state index is 5.59. The summed E-state index contributed by atoms with van der Waals surface area (Å²) in [6, 6.07) is 8.55. The third-order valence-corrected chi connectivity index (χ3v) is 2.40. The van der Waals surface area contributed by atoms with E-state index in [1.165, 1.54) is 5.56 Å². The summed E-state index contributed by atoms with van der Waals surface area (Å²) < 4.78 is 7.55. The molecule has 0 spiro atoms. The molecule has 1 aliphatic rings. The largest absolute Gasteiger partial charge is 0.424 e. The zero-order valence-electron chi connectivity index (χ0n) is 7.77. The molecule has 2 aromatic rings. The molecular formula is C10H9N3O. The predicted octanol–water partition coefficient (Wildman–Crippen LogP) is 1.74. The van der Waals surface area contributed by atoms with Crippen molar-refractivity contribution >= 4 is 0 Å². The zero-order valence-corrected chi connectivity index (χ0v) is 7.77. The van der Waals surface area contributed by atoms with Crippen molar-refractivity contribution in [3.8, 4) is 11.8 Å². The molecule has 70 valence electrons. The summed E-state index contributed by atoms with van der Waals surface area (Å²) in [5.41, 5.74) is 1.17. The van der Waals surface area contributed by atoms with Gasteiger partial charge in [0.15, 0.2) is 0 Å². The number of ether oxygens (including phenoxy) is 1. The van der Waals surface area contributed by atoms with Gasteiger partial charge in [-0.3, -0.25) is 4.57 Å². The molecule has 0 unspecified atom stereocenters. The Morgan fingerprint density at radius 2 is 2.14 bits per heavy atom. The minimum Gasteiger partial charge on any atom is -0.424 e. The molecule has 4 nitrogen and oxygen atoms in total. The number of nitrogens with zero attached hydrogens (tertiary/aromatic N) is 3. The average molecular weight is 187 g/mol. The molecule has 3 rings (SSSR count). The molecule has 0 N–H and O–H groups in total. The fraction of sp³-hybridized carbons (Fsp3) is 0.200. The lowest BCUT2D eigenvalue weighted by Crippen LogP contribution is -2.10. The van der Waals surface area contributed by atoms with Gasteiger partial charge < -0.3 is 4.74 Å². The van der Waals surface area contributed by atoms with E-state index in [2.05, 4.69) is 16.3 Å². The molecule has 0 atom stereocenters. The van der Waals surface area contributed by atoms with Crippen LogP contribution in [-0.4, -0.2) is 14.8 Å². The van der Waals surface area contributed by atoms with Gasteiger partial charge in [-0.25, -0.2) is 0 Å². The van der Waals surface area contributed by atoms with Gasteiger partial charge in [-0.2, -0.15) is 0 Å². The molecule has 1 aliphatic heterocycles. The highest BCUT2D eigenvalue weighted by atomic mass is 16.5. The quantitative estimate of drug-likeness (QED) is 0.538. The lowest BCUT2D eigenvalue weighted by Gasteiger charge is -2.17. The highest BCUT2D eigenvalue weighted by Gasteiger charge is 2.19. The van der Waals surface area contributed by atoms with Crippen LogP contribution in [0.5, 0.6) is 11.8 Å². The summed E-state index contributed by atoms with van der Waals surface area (Å²) in [7, 11) is 0. The highest BCUT2D eigenvalue weighted by molar-refractivity contribution is 5.38. The first-order valence-electron chi connectivity index (χ1n) is 4.50. The van der Waals surface area contributed by atoms with E-state index in [9.17, 15) is 0 Å². The van der Waals surface area contributed by atoms with Crippen molar-refractivity contribution in [1.82, 2.24) is 14.8 Å². The van der Waals surface area contributed by atoms with Crippen LogP contribution in [0.3, 0.4) is 0 Å². The van der Waals surface area contributed by atoms with Crippen molar-refractivity contribution < 1.29 is 4.74 Å². The Hall–Kier alpha value is -1.84. The molecule has 0 radical (unpaired) electrons. The van der Waals surface area contributed by atoms with Crippen molar-refractivity contribution in [2.45, 2.75) is 13.5 Å². The number of hydrogen-bond donors (Lipinski definition) is 0. The van der Waals surface area contributed by atoms with Crippen molar-refractivity contribution in [1.29, 1.82) is 0 Å². The Balaban J connectivity index is 2.14. The molecule has 14 heavy (non-hydrogen) atoms. The number of hydrogen-bond acceptors (Lipinski definition) is 3. The first-order valence-corrected chi connectivity index (χ1v) is 4.50. The van der Waals surface area contributed by atoms with Crippen LogP contribution in [0.15, 0.2) is 24.3 Å². The molecule has 0 bridgehead atoms. The first kappa shape index (κ1) is 7.55. The fourth-order valence-electron chi connectivity index (χ4n) is 1.62. The van der Waals surface area contributed by atoms with Crippen molar-refractivity contribution in [2.75, 3.05) is 0 Å². The van der Waals surface area contributed by atoms with Gasteiger partial charge in [0.2, 0.25) is 0 Å². The van der Waals surface area contributed by atoms with Gasteiger partial charge in [0, 0.05) is 5.56 Å². The van der Waals surface area contributed by atoms with Crippen molar-refractivity contribution in [2.24, 2.45) is 0 Å². The Kier molecular flexibility index (Phi) is 1.39. The lowest BCUT2D eigenvalue weighted by atomic mass is 10.2. The molecule has 1 aromatic carbocycles.